The zero-order valence-corrected chi connectivity index (χ0v) is 14.6. The van der Waals surface area contributed by atoms with Crippen molar-refractivity contribution in [1.82, 2.24) is 9.47 Å². The van der Waals surface area contributed by atoms with Crippen LogP contribution in [0, 0.1) is 5.82 Å². The molecule has 0 aliphatic carbocycles. The number of likely N-dealkylation sites (N-methyl/N-ethyl adjacent to an activating group) is 1. The van der Waals surface area contributed by atoms with Crippen LogP contribution in [0.5, 0.6) is 0 Å². The van der Waals surface area contributed by atoms with E-state index in [1.165, 1.54) is 23.2 Å². The van der Waals surface area contributed by atoms with E-state index in [1.807, 2.05) is 0 Å². The predicted molar refractivity (Wildman–Crippen MR) is 92.5 cm³/mol. The number of carbonyl (C=O) groups is 1. The monoisotopic (exact) mass is 360 g/mol. The number of fused-ring (bicyclic) bond motifs is 1. The summed E-state index contributed by atoms with van der Waals surface area (Å²) in [6.07, 6.45) is 1.46. The molecule has 0 aliphatic heterocycles. The number of hydrogen-bond acceptors (Lipinski definition) is 3. The standard InChI is InChI=1S/C18H17FN2O3S/c1-20(2)18(22)12-21-11-17(15-5-3-4-6-16(15)21)25(23,24)14-9-7-13(19)8-10-14/h3-11H,12H2,1-2H3. The Morgan fingerprint density at radius 2 is 1.72 bits per heavy atom. The molecule has 1 amide bonds. The average Bonchev–Trinajstić information content (AvgIpc) is 2.95. The highest BCUT2D eigenvalue weighted by atomic mass is 32.2. The van der Waals surface area contributed by atoms with Crippen LogP contribution in [0.3, 0.4) is 0 Å². The van der Waals surface area contributed by atoms with E-state index < -0.39 is 15.7 Å². The van der Waals surface area contributed by atoms with Crippen LogP contribution in [-0.4, -0.2) is 37.9 Å². The summed E-state index contributed by atoms with van der Waals surface area (Å²) in [6.45, 7) is 0.0342. The number of nitrogens with zero attached hydrogens (tertiary/aromatic N) is 2. The van der Waals surface area contributed by atoms with Crippen LogP contribution in [-0.2, 0) is 21.2 Å². The topological polar surface area (TPSA) is 59.4 Å². The quantitative estimate of drug-likeness (QED) is 0.672. The number of benzene rings is 2. The second-order valence-electron chi connectivity index (χ2n) is 5.88. The Kier molecular flexibility index (Phi) is 4.34. The molecule has 0 saturated heterocycles. The van der Waals surface area contributed by atoms with Crippen molar-refractivity contribution in [1.29, 1.82) is 0 Å². The van der Waals surface area contributed by atoms with Crippen molar-refractivity contribution in [3.63, 3.8) is 0 Å². The number of halogens is 1. The Labute approximate surface area is 145 Å². The summed E-state index contributed by atoms with van der Waals surface area (Å²) in [7, 11) is -0.544. The number of aromatic nitrogens is 1. The minimum atomic E-state index is -3.83. The first-order valence-corrected chi connectivity index (χ1v) is 9.07. The fourth-order valence-corrected chi connectivity index (χ4v) is 4.06. The predicted octanol–water partition coefficient (Wildman–Crippen LogP) is 2.70. The molecular formula is C18H17FN2O3S. The number of carbonyl (C=O) groups excluding carboxylic acids is 1. The smallest absolute Gasteiger partial charge is 0.241 e. The zero-order valence-electron chi connectivity index (χ0n) is 13.8. The van der Waals surface area contributed by atoms with E-state index in [9.17, 15) is 17.6 Å². The number of para-hydroxylation sites is 1. The number of sulfone groups is 1. The van der Waals surface area contributed by atoms with Gasteiger partial charge in [0, 0.05) is 31.2 Å². The molecule has 0 atom stereocenters. The maximum absolute atomic E-state index is 13.1. The van der Waals surface area contributed by atoms with Gasteiger partial charge in [-0.2, -0.15) is 0 Å². The summed E-state index contributed by atoms with van der Waals surface area (Å²) < 4.78 is 40.7. The lowest BCUT2D eigenvalue weighted by Crippen LogP contribution is -2.25. The Morgan fingerprint density at radius 1 is 1.08 bits per heavy atom. The lowest BCUT2D eigenvalue weighted by Gasteiger charge is -2.11. The van der Waals surface area contributed by atoms with Crippen molar-refractivity contribution >= 4 is 26.6 Å². The molecule has 1 heterocycles. The largest absolute Gasteiger partial charge is 0.347 e. The second-order valence-corrected chi connectivity index (χ2v) is 7.80. The van der Waals surface area contributed by atoms with Gasteiger partial charge in [0.25, 0.3) is 0 Å². The SMILES string of the molecule is CN(C)C(=O)Cn1cc(S(=O)(=O)c2ccc(F)cc2)c2ccccc21. The van der Waals surface area contributed by atoms with Crippen LogP contribution >= 0.6 is 0 Å². The third-order valence-electron chi connectivity index (χ3n) is 3.97. The van der Waals surface area contributed by atoms with Crippen LogP contribution in [0.25, 0.3) is 10.9 Å². The number of amides is 1. The van der Waals surface area contributed by atoms with Gasteiger partial charge in [-0.05, 0) is 30.3 Å². The molecule has 0 radical (unpaired) electrons. The lowest BCUT2D eigenvalue weighted by molar-refractivity contribution is -0.129. The van der Waals surface area contributed by atoms with E-state index in [0.717, 1.165) is 12.1 Å². The first-order valence-electron chi connectivity index (χ1n) is 7.59. The van der Waals surface area contributed by atoms with Crippen molar-refractivity contribution < 1.29 is 17.6 Å². The van der Waals surface area contributed by atoms with Crippen molar-refractivity contribution in [2.45, 2.75) is 16.3 Å². The minimum Gasteiger partial charge on any atom is -0.347 e. The molecule has 0 unspecified atom stereocenters. The third-order valence-corrected chi connectivity index (χ3v) is 5.77. The highest BCUT2D eigenvalue weighted by Gasteiger charge is 2.24. The molecule has 0 aliphatic rings. The molecule has 25 heavy (non-hydrogen) atoms. The van der Waals surface area contributed by atoms with Crippen molar-refractivity contribution in [2.75, 3.05) is 14.1 Å². The highest BCUT2D eigenvalue weighted by Crippen LogP contribution is 2.30. The van der Waals surface area contributed by atoms with Crippen molar-refractivity contribution in [2.24, 2.45) is 0 Å². The molecule has 0 saturated carbocycles. The summed E-state index contributed by atoms with van der Waals surface area (Å²) in [5.41, 5.74) is 0.651. The van der Waals surface area contributed by atoms with Crippen molar-refractivity contribution in [3.05, 3.63) is 60.5 Å². The fourth-order valence-electron chi connectivity index (χ4n) is 2.59. The molecule has 130 valence electrons. The van der Waals surface area contributed by atoms with Crippen molar-refractivity contribution in [3.8, 4) is 0 Å². The third kappa shape index (κ3) is 3.15. The van der Waals surface area contributed by atoms with E-state index >= 15 is 0 Å². The van der Waals surface area contributed by atoms with Gasteiger partial charge in [0.05, 0.1) is 9.79 Å². The first kappa shape index (κ1) is 17.2. The van der Waals surface area contributed by atoms with Gasteiger partial charge in [-0.1, -0.05) is 18.2 Å². The van der Waals surface area contributed by atoms with Gasteiger partial charge in [-0.25, -0.2) is 12.8 Å². The van der Waals surface area contributed by atoms with Gasteiger partial charge in [0.2, 0.25) is 15.7 Å². The Bertz CT molecular complexity index is 1040. The molecule has 3 rings (SSSR count). The fraction of sp³-hybridized carbons (Fsp3) is 0.167. The maximum atomic E-state index is 13.1. The Morgan fingerprint density at radius 3 is 2.36 bits per heavy atom. The van der Waals surface area contributed by atoms with Crippen LogP contribution in [0.1, 0.15) is 0 Å². The summed E-state index contributed by atoms with van der Waals surface area (Å²) in [5, 5.41) is 0.526. The van der Waals surface area contributed by atoms with Gasteiger partial charge in [-0.3, -0.25) is 4.79 Å². The lowest BCUT2D eigenvalue weighted by atomic mass is 10.2. The minimum absolute atomic E-state index is 0.00994. The molecule has 5 nitrogen and oxygen atoms in total. The van der Waals surface area contributed by atoms with Gasteiger partial charge in [-0.15, -0.1) is 0 Å². The molecule has 1 aromatic heterocycles. The zero-order chi connectivity index (χ0) is 18.2. The van der Waals surface area contributed by atoms with E-state index in [4.69, 9.17) is 0 Å². The first-order chi connectivity index (χ1) is 11.8. The summed E-state index contributed by atoms with van der Waals surface area (Å²) >= 11 is 0. The average molecular weight is 360 g/mol. The summed E-state index contributed by atoms with van der Waals surface area (Å²) in [4.78, 5) is 13.6. The molecule has 0 fully saturated rings. The normalized spacial score (nSPS) is 11.6. The summed E-state index contributed by atoms with van der Waals surface area (Å²) in [5.74, 6) is -0.649. The second kappa shape index (κ2) is 6.33. The molecule has 0 N–H and O–H groups in total. The van der Waals surface area contributed by atoms with Crippen LogP contribution in [0.2, 0.25) is 0 Å². The number of rotatable bonds is 4. The molecule has 3 aromatic rings. The van der Waals surface area contributed by atoms with Crippen LogP contribution in [0.15, 0.2) is 64.5 Å². The number of hydrogen-bond donors (Lipinski definition) is 0. The Hall–Kier alpha value is -2.67. The highest BCUT2D eigenvalue weighted by molar-refractivity contribution is 7.91. The van der Waals surface area contributed by atoms with E-state index in [0.29, 0.717) is 10.9 Å². The molecule has 0 spiro atoms. The molecule has 7 heteroatoms. The van der Waals surface area contributed by atoms with Crippen LogP contribution < -0.4 is 0 Å². The van der Waals surface area contributed by atoms with E-state index in [1.54, 1.807) is 42.9 Å². The molecular weight excluding hydrogens is 343 g/mol. The van der Waals surface area contributed by atoms with Gasteiger partial charge >= 0.3 is 0 Å². The van der Waals surface area contributed by atoms with Gasteiger partial charge < -0.3 is 9.47 Å². The summed E-state index contributed by atoms with van der Waals surface area (Å²) in [6, 6.07) is 11.7. The van der Waals surface area contributed by atoms with E-state index in [2.05, 4.69) is 0 Å². The van der Waals surface area contributed by atoms with E-state index in [-0.39, 0.29) is 22.2 Å². The van der Waals surface area contributed by atoms with Gasteiger partial charge in [0.1, 0.15) is 12.4 Å². The molecule has 2 aromatic carbocycles. The maximum Gasteiger partial charge on any atom is 0.241 e. The van der Waals surface area contributed by atoms with Gasteiger partial charge in [0.15, 0.2) is 0 Å². The Balaban J connectivity index is 2.16. The molecule has 0 bridgehead atoms. The van der Waals surface area contributed by atoms with Crippen LogP contribution in [0.4, 0.5) is 4.39 Å².